The largest absolute Gasteiger partial charge is 0.478 e. The average molecular weight is 288 g/mol. The predicted molar refractivity (Wildman–Crippen MR) is 77.5 cm³/mol. The van der Waals surface area contributed by atoms with E-state index < -0.39 is 5.97 Å². The van der Waals surface area contributed by atoms with Crippen LogP contribution >= 0.6 is 0 Å². The van der Waals surface area contributed by atoms with Crippen molar-refractivity contribution in [3.8, 4) is 0 Å². The zero-order valence-corrected chi connectivity index (χ0v) is 11.6. The fourth-order valence-corrected chi connectivity index (χ4v) is 2.17. The van der Waals surface area contributed by atoms with Crippen LogP contribution in [0.2, 0.25) is 0 Å². The lowest BCUT2D eigenvalue weighted by molar-refractivity contribution is -0.131. The highest BCUT2D eigenvalue weighted by atomic mass is 16.4. The molecule has 1 aromatic rings. The number of anilines is 1. The maximum atomic E-state index is 12.1. The number of nitrogens with zero attached hydrogens (tertiary/aromatic N) is 1. The lowest BCUT2D eigenvalue weighted by Gasteiger charge is -2.11. The molecule has 1 heterocycles. The highest BCUT2D eigenvalue weighted by Crippen LogP contribution is 2.19. The molecule has 110 valence electrons. The topological polar surface area (TPSA) is 86.7 Å². The van der Waals surface area contributed by atoms with Gasteiger partial charge < -0.3 is 15.3 Å². The van der Waals surface area contributed by atoms with Crippen molar-refractivity contribution < 1.29 is 19.5 Å². The molecule has 0 bridgehead atoms. The number of hydrogen-bond donors (Lipinski definition) is 2. The van der Waals surface area contributed by atoms with Crippen molar-refractivity contribution in [1.82, 2.24) is 4.90 Å². The Morgan fingerprint density at radius 1 is 1.43 bits per heavy atom. The number of nitrogens with one attached hydrogen (secondary N) is 1. The number of carboxylic acid groups (broad SMARTS) is 1. The van der Waals surface area contributed by atoms with Crippen molar-refractivity contribution in [2.24, 2.45) is 5.92 Å². The number of hydrogen-bond acceptors (Lipinski definition) is 3. The van der Waals surface area contributed by atoms with E-state index >= 15 is 0 Å². The van der Waals surface area contributed by atoms with Crippen LogP contribution in [0, 0.1) is 5.92 Å². The molecular formula is C15H16N2O4. The Kier molecular flexibility index (Phi) is 4.37. The summed E-state index contributed by atoms with van der Waals surface area (Å²) < 4.78 is 0. The van der Waals surface area contributed by atoms with E-state index in [4.69, 9.17) is 5.11 Å². The van der Waals surface area contributed by atoms with Gasteiger partial charge in [0, 0.05) is 31.8 Å². The van der Waals surface area contributed by atoms with Crippen molar-refractivity contribution in [1.29, 1.82) is 0 Å². The van der Waals surface area contributed by atoms with E-state index in [1.807, 2.05) is 0 Å². The molecule has 6 heteroatoms. The third kappa shape index (κ3) is 3.92. The SMILES string of the molecule is CN1CC(C(=O)Nc2cccc(/C=C/C(=O)O)c2)CC1=O. The number of benzene rings is 1. The molecule has 21 heavy (non-hydrogen) atoms. The van der Waals surface area contributed by atoms with Gasteiger partial charge >= 0.3 is 5.97 Å². The third-order valence-electron chi connectivity index (χ3n) is 3.28. The summed E-state index contributed by atoms with van der Waals surface area (Å²) in [5.41, 5.74) is 1.25. The zero-order chi connectivity index (χ0) is 15.4. The second kappa shape index (κ2) is 6.21. The molecule has 0 spiro atoms. The predicted octanol–water partition coefficient (Wildman–Crippen LogP) is 1.20. The van der Waals surface area contributed by atoms with Gasteiger partial charge in [-0.25, -0.2) is 4.79 Å². The van der Waals surface area contributed by atoms with E-state index in [2.05, 4.69) is 5.32 Å². The first-order valence-corrected chi connectivity index (χ1v) is 6.51. The molecule has 6 nitrogen and oxygen atoms in total. The van der Waals surface area contributed by atoms with Gasteiger partial charge in [0.05, 0.1) is 5.92 Å². The standard InChI is InChI=1S/C15H16N2O4/c1-17-9-11(8-13(17)18)15(21)16-12-4-2-3-10(7-12)5-6-14(19)20/h2-7,11H,8-9H2,1H3,(H,16,21)(H,19,20)/b6-5+. The van der Waals surface area contributed by atoms with Crippen LogP contribution in [-0.4, -0.2) is 41.4 Å². The molecule has 1 aromatic carbocycles. The molecule has 2 amide bonds. The Morgan fingerprint density at radius 3 is 2.81 bits per heavy atom. The number of carbonyl (C=O) groups is 3. The summed E-state index contributed by atoms with van der Waals surface area (Å²) >= 11 is 0. The molecule has 0 saturated carbocycles. The van der Waals surface area contributed by atoms with E-state index in [1.165, 1.54) is 11.0 Å². The molecule has 0 radical (unpaired) electrons. The molecule has 1 saturated heterocycles. The fraction of sp³-hybridized carbons (Fsp3) is 0.267. The second-order valence-corrected chi connectivity index (χ2v) is 4.96. The summed E-state index contributed by atoms with van der Waals surface area (Å²) in [6, 6.07) is 6.86. The van der Waals surface area contributed by atoms with E-state index in [0.717, 1.165) is 6.08 Å². The van der Waals surface area contributed by atoms with Gasteiger partial charge in [-0.15, -0.1) is 0 Å². The van der Waals surface area contributed by atoms with E-state index in [9.17, 15) is 14.4 Å². The Bertz CT molecular complexity index is 609. The van der Waals surface area contributed by atoms with E-state index in [0.29, 0.717) is 17.8 Å². The van der Waals surface area contributed by atoms with Crippen molar-refractivity contribution in [2.75, 3.05) is 18.9 Å². The van der Waals surface area contributed by atoms with E-state index in [1.54, 1.807) is 31.3 Å². The Balaban J connectivity index is 2.03. The fourth-order valence-electron chi connectivity index (χ4n) is 2.17. The summed E-state index contributed by atoms with van der Waals surface area (Å²) in [6.07, 6.45) is 2.71. The van der Waals surface area contributed by atoms with Crippen molar-refractivity contribution in [3.05, 3.63) is 35.9 Å². The average Bonchev–Trinajstić information content (AvgIpc) is 2.77. The molecular weight excluding hydrogens is 272 g/mol. The maximum absolute atomic E-state index is 12.1. The van der Waals surface area contributed by atoms with Crippen LogP contribution in [0.3, 0.4) is 0 Å². The number of rotatable bonds is 4. The second-order valence-electron chi connectivity index (χ2n) is 4.96. The van der Waals surface area contributed by atoms with Gasteiger partial charge in [-0.3, -0.25) is 9.59 Å². The van der Waals surface area contributed by atoms with Crippen molar-refractivity contribution >= 4 is 29.5 Å². The van der Waals surface area contributed by atoms with Crippen LogP contribution < -0.4 is 5.32 Å². The van der Waals surface area contributed by atoms with Crippen LogP contribution in [0.5, 0.6) is 0 Å². The van der Waals surface area contributed by atoms with E-state index in [-0.39, 0.29) is 24.2 Å². The maximum Gasteiger partial charge on any atom is 0.328 e. The molecule has 1 atom stereocenters. The molecule has 1 fully saturated rings. The van der Waals surface area contributed by atoms with Crippen LogP contribution in [0.25, 0.3) is 6.08 Å². The van der Waals surface area contributed by atoms with Gasteiger partial charge in [0.25, 0.3) is 0 Å². The Morgan fingerprint density at radius 2 is 2.19 bits per heavy atom. The molecule has 1 aliphatic heterocycles. The molecule has 2 N–H and O–H groups in total. The van der Waals surface area contributed by atoms with Gasteiger partial charge in [0.15, 0.2) is 0 Å². The Hall–Kier alpha value is -2.63. The van der Waals surface area contributed by atoms with Gasteiger partial charge in [-0.2, -0.15) is 0 Å². The Labute approximate surface area is 122 Å². The molecule has 0 aromatic heterocycles. The lowest BCUT2D eigenvalue weighted by Crippen LogP contribution is -2.25. The van der Waals surface area contributed by atoms with Crippen LogP contribution in [0.15, 0.2) is 30.3 Å². The van der Waals surface area contributed by atoms with Gasteiger partial charge in [0.1, 0.15) is 0 Å². The van der Waals surface area contributed by atoms with Crippen LogP contribution in [0.4, 0.5) is 5.69 Å². The molecule has 1 unspecified atom stereocenters. The minimum absolute atomic E-state index is 0.0340. The first-order valence-electron chi connectivity index (χ1n) is 6.51. The number of aliphatic carboxylic acids is 1. The first-order chi connectivity index (χ1) is 9.95. The first kappa shape index (κ1) is 14.8. The number of likely N-dealkylation sites (tertiary alicyclic amines) is 1. The molecule has 1 aliphatic rings. The highest BCUT2D eigenvalue weighted by molar-refractivity contribution is 5.97. The minimum atomic E-state index is -1.03. The van der Waals surface area contributed by atoms with Gasteiger partial charge in [0.2, 0.25) is 11.8 Å². The zero-order valence-electron chi connectivity index (χ0n) is 11.6. The van der Waals surface area contributed by atoms with Gasteiger partial charge in [-0.1, -0.05) is 12.1 Å². The number of carboxylic acids is 1. The highest BCUT2D eigenvalue weighted by Gasteiger charge is 2.32. The van der Waals surface area contributed by atoms with Crippen molar-refractivity contribution in [2.45, 2.75) is 6.42 Å². The van der Waals surface area contributed by atoms with Crippen molar-refractivity contribution in [3.63, 3.8) is 0 Å². The normalized spacial score (nSPS) is 18.2. The number of carbonyl (C=O) groups excluding carboxylic acids is 2. The quantitative estimate of drug-likeness (QED) is 0.815. The summed E-state index contributed by atoms with van der Waals surface area (Å²) in [5, 5.41) is 11.3. The molecule has 0 aliphatic carbocycles. The summed E-state index contributed by atoms with van der Waals surface area (Å²) in [4.78, 5) is 35.5. The summed E-state index contributed by atoms with van der Waals surface area (Å²) in [7, 11) is 1.67. The lowest BCUT2D eigenvalue weighted by atomic mass is 10.1. The summed E-state index contributed by atoms with van der Waals surface area (Å²) in [6.45, 7) is 0.420. The third-order valence-corrected chi connectivity index (χ3v) is 3.28. The summed E-state index contributed by atoms with van der Waals surface area (Å²) in [5.74, 6) is -1.61. The number of amides is 2. The van der Waals surface area contributed by atoms with Crippen LogP contribution in [0.1, 0.15) is 12.0 Å². The minimum Gasteiger partial charge on any atom is -0.478 e. The van der Waals surface area contributed by atoms with Crippen LogP contribution in [-0.2, 0) is 14.4 Å². The van der Waals surface area contributed by atoms with Gasteiger partial charge in [-0.05, 0) is 23.8 Å². The molecule has 2 rings (SSSR count). The smallest absolute Gasteiger partial charge is 0.328 e. The monoisotopic (exact) mass is 288 g/mol.